The summed E-state index contributed by atoms with van der Waals surface area (Å²) in [5.74, 6) is 1.49. The fourth-order valence-corrected chi connectivity index (χ4v) is 5.26. The molecule has 0 unspecified atom stereocenters. The van der Waals surface area contributed by atoms with Crippen molar-refractivity contribution in [3.8, 4) is 22.8 Å². The predicted molar refractivity (Wildman–Crippen MR) is 129 cm³/mol. The third-order valence-corrected chi connectivity index (χ3v) is 7.01. The molecule has 1 aliphatic rings. The number of piperidine rings is 1. The SMILES string of the molecule is COc1ccc(-c2cn(Cc3cc4ccccc4s3)nn2)cc1OCCN1CCCCC1. The molecule has 0 bridgehead atoms. The Morgan fingerprint density at radius 3 is 2.72 bits per heavy atom. The zero-order valence-electron chi connectivity index (χ0n) is 18.4. The number of ether oxygens (including phenoxy) is 2. The average molecular weight is 449 g/mol. The van der Waals surface area contributed by atoms with Gasteiger partial charge >= 0.3 is 0 Å². The highest BCUT2D eigenvalue weighted by Crippen LogP contribution is 2.32. The molecule has 0 atom stereocenters. The summed E-state index contributed by atoms with van der Waals surface area (Å²) in [6, 6.07) is 16.6. The maximum absolute atomic E-state index is 6.11. The molecule has 166 valence electrons. The number of hydrogen-bond donors (Lipinski definition) is 0. The Morgan fingerprint density at radius 2 is 1.88 bits per heavy atom. The summed E-state index contributed by atoms with van der Waals surface area (Å²) in [5, 5.41) is 10.0. The topological polar surface area (TPSA) is 52.4 Å². The Bertz CT molecular complexity index is 1150. The van der Waals surface area contributed by atoms with Crippen LogP contribution in [0.1, 0.15) is 24.1 Å². The summed E-state index contributed by atoms with van der Waals surface area (Å²) >= 11 is 1.80. The smallest absolute Gasteiger partial charge is 0.161 e. The molecule has 4 aromatic rings. The van der Waals surface area contributed by atoms with Crippen LogP contribution in [-0.2, 0) is 6.54 Å². The molecule has 2 aromatic heterocycles. The number of hydrogen-bond acceptors (Lipinski definition) is 6. The van der Waals surface area contributed by atoms with E-state index in [1.165, 1.54) is 47.3 Å². The molecule has 32 heavy (non-hydrogen) atoms. The van der Waals surface area contributed by atoms with Crippen molar-refractivity contribution in [2.24, 2.45) is 0 Å². The van der Waals surface area contributed by atoms with Gasteiger partial charge in [0.25, 0.3) is 0 Å². The molecule has 5 rings (SSSR count). The van der Waals surface area contributed by atoms with Gasteiger partial charge in [0.1, 0.15) is 12.3 Å². The molecule has 0 radical (unpaired) electrons. The molecule has 3 heterocycles. The van der Waals surface area contributed by atoms with E-state index in [1.54, 1.807) is 18.4 Å². The third-order valence-electron chi connectivity index (χ3n) is 5.91. The second-order valence-electron chi connectivity index (χ2n) is 8.17. The van der Waals surface area contributed by atoms with Crippen molar-refractivity contribution in [1.82, 2.24) is 19.9 Å². The van der Waals surface area contributed by atoms with Crippen LogP contribution in [-0.4, -0.2) is 53.2 Å². The molecule has 7 heteroatoms. The normalized spacial score (nSPS) is 14.7. The molecule has 0 saturated carbocycles. The molecular weight excluding hydrogens is 420 g/mol. The maximum Gasteiger partial charge on any atom is 0.161 e. The lowest BCUT2D eigenvalue weighted by molar-refractivity contribution is 0.180. The van der Waals surface area contributed by atoms with E-state index in [4.69, 9.17) is 9.47 Å². The highest BCUT2D eigenvalue weighted by atomic mass is 32.1. The number of rotatable bonds is 8. The number of nitrogens with zero attached hydrogens (tertiary/aromatic N) is 4. The molecule has 1 fully saturated rings. The van der Waals surface area contributed by atoms with E-state index in [-0.39, 0.29) is 0 Å². The predicted octanol–water partition coefficient (Wildman–Crippen LogP) is 5.08. The number of benzene rings is 2. The lowest BCUT2D eigenvalue weighted by Gasteiger charge is -2.26. The van der Waals surface area contributed by atoms with Crippen LogP contribution < -0.4 is 9.47 Å². The number of methoxy groups -OCH3 is 1. The first-order valence-electron chi connectivity index (χ1n) is 11.2. The summed E-state index contributed by atoms with van der Waals surface area (Å²) in [4.78, 5) is 3.73. The van der Waals surface area contributed by atoms with E-state index < -0.39 is 0 Å². The first-order chi connectivity index (χ1) is 15.8. The van der Waals surface area contributed by atoms with E-state index in [0.29, 0.717) is 13.2 Å². The molecular formula is C25H28N4O2S. The number of aromatic nitrogens is 3. The van der Waals surface area contributed by atoms with Crippen LogP contribution in [0.3, 0.4) is 0 Å². The van der Waals surface area contributed by atoms with E-state index in [0.717, 1.165) is 29.3 Å². The van der Waals surface area contributed by atoms with Gasteiger partial charge in [0, 0.05) is 21.7 Å². The maximum atomic E-state index is 6.11. The minimum absolute atomic E-state index is 0.651. The Hall–Kier alpha value is -2.90. The number of fused-ring (bicyclic) bond motifs is 1. The monoisotopic (exact) mass is 448 g/mol. The molecule has 0 amide bonds. The van der Waals surface area contributed by atoms with Gasteiger partial charge in [-0.2, -0.15) is 0 Å². The Kier molecular flexibility index (Phi) is 6.36. The lowest BCUT2D eigenvalue weighted by Crippen LogP contribution is -2.33. The van der Waals surface area contributed by atoms with Gasteiger partial charge in [-0.3, -0.25) is 4.90 Å². The molecule has 6 nitrogen and oxygen atoms in total. The van der Waals surface area contributed by atoms with Crippen LogP contribution >= 0.6 is 11.3 Å². The zero-order valence-corrected chi connectivity index (χ0v) is 19.2. The first kappa shape index (κ1) is 21.0. The largest absolute Gasteiger partial charge is 0.493 e. The van der Waals surface area contributed by atoms with E-state index >= 15 is 0 Å². The van der Waals surface area contributed by atoms with E-state index in [2.05, 4.69) is 45.5 Å². The van der Waals surface area contributed by atoms with Crippen molar-refractivity contribution < 1.29 is 9.47 Å². The summed E-state index contributed by atoms with van der Waals surface area (Å²) in [6.45, 7) is 4.64. The van der Waals surface area contributed by atoms with Gasteiger partial charge in [-0.25, -0.2) is 4.68 Å². The van der Waals surface area contributed by atoms with Gasteiger partial charge in [0.2, 0.25) is 0 Å². The van der Waals surface area contributed by atoms with Crippen molar-refractivity contribution in [3.63, 3.8) is 0 Å². The third kappa shape index (κ3) is 4.79. The van der Waals surface area contributed by atoms with Gasteiger partial charge in [-0.1, -0.05) is 29.8 Å². The zero-order chi connectivity index (χ0) is 21.8. The molecule has 1 saturated heterocycles. The van der Waals surface area contributed by atoms with Crippen LogP contribution in [0.5, 0.6) is 11.5 Å². The summed E-state index contributed by atoms with van der Waals surface area (Å²) in [7, 11) is 1.67. The summed E-state index contributed by atoms with van der Waals surface area (Å²) < 4.78 is 14.8. The van der Waals surface area contributed by atoms with Gasteiger partial charge in [-0.15, -0.1) is 16.4 Å². The van der Waals surface area contributed by atoms with Crippen molar-refractivity contribution in [1.29, 1.82) is 0 Å². The quantitative estimate of drug-likeness (QED) is 0.376. The van der Waals surface area contributed by atoms with Crippen molar-refractivity contribution >= 4 is 21.4 Å². The highest BCUT2D eigenvalue weighted by Gasteiger charge is 2.13. The fraction of sp³-hybridized carbons (Fsp3) is 0.360. The van der Waals surface area contributed by atoms with E-state index in [9.17, 15) is 0 Å². The first-order valence-corrected chi connectivity index (χ1v) is 12.0. The van der Waals surface area contributed by atoms with Gasteiger partial charge in [0.05, 0.1) is 19.9 Å². The van der Waals surface area contributed by atoms with Crippen molar-refractivity contribution in [3.05, 3.63) is 59.6 Å². The van der Waals surface area contributed by atoms with Gasteiger partial charge in [-0.05, 0) is 61.6 Å². The number of thiophene rings is 1. The van der Waals surface area contributed by atoms with Crippen LogP contribution in [0.15, 0.2) is 54.7 Å². The molecule has 0 spiro atoms. The second kappa shape index (κ2) is 9.71. The van der Waals surface area contributed by atoms with Crippen LogP contribution in [0.4, 0.5) is 0 Å². The molecule has 1 aliphatic heterocycles. The highest BCUT2D eigenvalue weighted by molar-refractivity contribution is 7.19. The molecule has 0 N–H and O–H groups in total. The second-order valence-corrected chi connectivity index (χ2v) is 9.34. The minimum Gasteiger partial charge on any atom is -0.493 e. The van der Waals surface area contributed by atoms with Crippen LogP contribution in [0.25, 0.3) is 21.3 Å². The Labute approximate surface area is 192 Å². The lowest BCUT2D eigenvalue weighted by atomic mass is 10.1. The van der Waals surface area contributed by atoms with Crippen molar-refractivity contribution in [2.45, 2.75) is 25.8 Å². The number of likely N-dealkylation sites (tertiary alicyclic amines) is 1. The Morgan fingerprint density at radius 1 is 1.00 bits per heavy atom. The standard InChI is InChI=1S/C25H28N4O2S/c1-30-23-10-9-19(16-24(23)31-14-13-28-11-5-2-6-12-28)22-18-29(27-26-22)17-21-15-20-7-3-4-8-25(20)32-21/h3-4,7-10,15-16,18H,2,5-6,11-14,17H2,1H3. The fourth-order valence-electron chi connectivity index (χ4n) is 4.20. The molecule has 2 aromatic carbocycles. The Balaban J connectivity index is 1.27. The average Bonchev–Trinajstić information content (AvgIpc) is 3.46. The van der Waals surface area contributed by atoms with Gasteiger partial charge < -0.3 is 9.47 Å². The summed E-state index contributed by atoms with van der Waals surface area (Å²) in [5.41, 5.74) is 1.80. The molecule has 0 aliphatic carbocycles. The van der Waals surface area contributed by atoms with Gasteiger partial charge in [0.15, 0.2) is 11.5 Å². The van der Waals surface area contributed by atoms with Crippen molar-refractivity contribution in [2.75, 3.05) is 33.4 Å². The minimum atomic E-state index is 0.651. The van der Waals surface area contributed by atoms with E-state index in [1.807, 2.05) is 29.1 Å². The summed E-state index contributed by atoms with van der Waals surface area (Å²) in [6.07, 6.45) is 5.91. The van der Waals surface area contributed by atoms with Crippen LogP contribution in [0.2, 0.25) is 0 Å². The van der Waals surface area contributed by atoms with Crippen LogP contribution in [0, 0.1) is 0 Å².